The molecule has 45 heavy (non-hydrogen) atoms. The topological polar surface area (TPSA) is 119 Å². The van der Waals surface area contributed by atoms with Crippen LogP contribution in [0.15, 0.2) is 103 Å². The van der Waals surface area contributed by atoms with Gasteiger partial charge in [0, 0.05) is 55.2 Å². The summed E-state index contributed by atoms with van der Waals surface area (Å²) in [5.41, 5.74) is 5.47. The zero-order valence-corrected chi connectivity index (χ0v) is 24.9. The van der Waals surface area contributed by atoms with Gasteiger partial charge >= 0.3 is 5.97 Å². The molecule has 3 unspecified atom stereocenters. The summed E-state index contributed by atoms with van der Waals surface area (Å²) in [6.45, 7) is 1.00. The highest BCUT2D eigenvalue weighted by Crippen LogP contribution is 2.35. The van der Waals surface area contributed by atoms with Crippen LogP contribution in [0.5, 0.6) is 0 Å². The lowest BCUT2D eigenvalue weighted by Gasteiger charge is -2.20. The number of likely N-dealkylation sites (N-methyl/N-ethyl adjacent to an activating group) is 1. The van der Waals surface area contributed by atoms with E-state index < -0.39 is 11.9 Å². The van der Waals surface area contributed by atoms with Crippen molar-refractivity contribution in [2.24, 2.45) is 5.92 Å². The zero-order valence-electron chi connectivity index (χ0n) is 24.9. The van der Waals surface area contributed by atoms with Crippen LogP contribution in [0.25, 0.3) is 0 Å². The summed E-state index contributed by atoms with van der Waals surface area (Å²) in [5, 5.41) is 16.1. The highest BCUT2D eigenvalue weighted by Gasteiger charge is 2.40. The Morgan fingerprint density at radius 3 is 2.27 bits per heavy atom. The summed E-state index contributed by atoms with van der Waals surface area (Å²) in [6, 6.07) is 31.2. The van der Waals surface area contributed by atoms with E-state index in [1.54, 1.807) is 53.2 Å². The van der Waals surface area contributed by atoms with Crippen molar-refractivity contribution in [3.63, 3.8) is 0 Å². The van der Waals surface area contributed by atoms with E-state index in [1.807, 2.05) is 66.7 Å². The summed E-state index contributed by atoms with van der Waals surface area (Å²) in [6.07, 6.45) is 0.173. The van der Waals surface area contributed by atoms with Crippen LogP contribution in [-0.2, 0) is 20.8 Å². The van der Waals surface area contributed by atoms with Crippen LogP contribution in [0.1, 0.15) is 38.9 Å². The van der Waals surface area contributed by atoms with Gasteiger partial charge in [0.25, 0.3) is 5.91 Å². The van der Waals surface area contributed by atoms with E-state index in [2.05, 4.69) is 10.6 Å². The molecule has 4 aromatic carbocycles. The number of hydrogen-bond acceptors (Lipinski definition) is 5. The number of hydrogen-bond donors (Lipinski definition) is 3. The fourth-order valence-corrected chi connectivity index (χ4v) is 6.16. The second-order valence-corrected chi connectivity index (χ2v) is 11.6. The number of carbonyl (C=O) groups excluding carboxylic acids is 3. The Morgan fingerprint density at radius 1 is 0.867 bits per heavy atom. The van der Waals surface area contributed by atoms with E-state index in [-0.39, 0.29) is 42.5 Å². The number of rotatable bonds is 8. The van der Waals surface area contributed by atoms with E-state index in [9.17, 15) is 24.3 Å². The Hall–Kier alpha value is -5.44. The van der Waals surface area contributed by atoms with Gasteiger partial charge < -0.3 is 25.5 Å². The first-order valence-electron chi connectivity index (χ1n) is 14.9. The maximum atomic E-state index is 13.1. The first-order chi connectivity index (χ1) is 21.8. The molecule has 0 aliphatic carbocycles. The number of para-hydroxylation sites is 1. The molecule has 0 spiro atoms. The molecule has 3 N–H and O–H groups in total. The van der Waals surface area contributed by atoms with Crippen molar-refractivity contribution in [2.75, 3.05) is 42.2 Å². The molecule has 228 valence electrons. The van der Waals surface area contributed by atoms with Crippen molar-refractivity contribution < 1.29 is 24.3 Å². The van der Waals surface area contributed by atoms with Crippen molar-refractivity contribution >= 4 is 40.8 Å². The molecule has 2 heterocycles. The minimum absolute atomic E-state index is 0.0813. The molecule has 2 aliphatic heterocycles. The van der Waals surface area contributed by atoms with Gasteiger partial charge in [0.1, 0.15) is 0 Å². The van der Waals surface area contributed by atoms with Gasteiger partial charge in [0.05, 0.1) is 18.3 Å². The van der Waals surface area contributed by atoms with Crippen molar-refractivity contribution in [1.82, 2.24) is 4.90 Å². The normalized spacial score (nSPS) is 18.5. The highest BCUT2D eigenvalue weighted by molar-refractivity contribution is 5.99. The maximum Gasteiger partial charge on any atom is 0.308 e. The summed E-state index contributed by atoms with van der Waals surface area (Å²) in [5.74, 6) is -2.66. The minimum atomic E-state index is -0.939. The van der Waals surface area contributed by atoms with Gasteiger partial charge in [0.2, 0.25) is 11.8 Å². The number of anilines is 3. The van der Waals surface area contributed by atoms with Gasteiger partial charge in [-0.05, 0) is 59.2 Å². The van der Waals surface area contributed by atoms with Crippen LogP contribution < -0.4 is 15.5 Å². The van der Waals surface area contributed by atoms with Gasteiger partial charge in [-0.3, -0.25) is 19.2 Å². The fraction of sp³-hybridized carbons (Fsp3) is 0.222. The van der Waals surface area contributed by atoms with Crippen molar-refractivity contribution in [3.8, 4) is 0 Å². The summed E-state index contributed by atoms with van der Waals surface area (Å²) in [7, 11) is 1.70. The Kier molecular flexibility index (Phi) is 8.33. The lowest BCUT2D eigenvalue weighted by molar-refractivity contribution is -0.141. The monoisotopic (exact) mass is 602 g/mol. The number of carboxylic acids is 1. The molecule has 2 aliphatic rings. The summed E-state index contributed by atoms with van der Waals surface area (Å²) in [4.78, 5) is 54.3. The van der Waals surface area contributed by atoms with Crippen LogP contribution in [0, 0.1) is 5.92 Å². The molecular weight excluding hydrogens is 568 g/mol. The van der Waals surface area contributed by atoms with Gasteiger partial charge in [0.15, 0.2) is 0 Å². The predicted octanol–water partition coefficient (Wildman–Crippen LogP) is 4.98. The van der Waals surface area contributed by atoms with E-state index in [0.29, 0.717) is 30.0 Å². The number of likely N-dealkylation sites (tertiary alicyclic amines) is 1. The molecule has 4 aromatic rings. The number of fused-ring (bicyclic) bond motifs is 1. The molecule has 0 bridgehead atoms. The van der Waals surface area contributed by atoms with Crippen LogP contribution >= 0.6 is 0 Å². The molecule has 0 radical (unpaired) electrons. The SMILES string of the molecule is CN(C(=O)Cc1ccc(NC(=O)C2CNc3ccccc32)cc1)c1ccc(C2CN(C(=O)c3ccccc3)CC2C(=O)O)cc1. The Morgan fingerprint density at radius 2 is 1.56 bits per heavy atom. The van der Waals surface area contributed by atoms with Crippen molar-refractivity contribution in [1.29, 1.82) is 0 Å². The maximum absolute atomic E-state index is 13.1. The van der Waals surface area contributed by atoms with E-state index in [1.165, 1.54) is 0 Å². The second kappa shape index (κ2) is 12.7. The lowest BCUT2D eigenvalue weighted by atomic mass is 9.89. The molecule has 9 nitrogen and oxygen atoms in total. The van der Waals surface area contributed by atoms with Gasteiger partial charge in [-0.1, -0.05) is 60.7 Å². The minimum Gasteiger partial charge on any atom is -0.481 e. The predicted molar refractivity (Wildman–Crippen MR) is 173 cm³/mol. The number of carboxylic acid groups (broad SMARTS) is 1. The Bertz CT molecular complexity index is 1720. The molecule has 0 aromatic heterocycles. The molecule has 6 rings (SSSR count). The Labute approximate surface area is 261 Å². The number of aliphatic carboxylic acids is 1. The number of carbonyl (C=O) groups is 4. The van der Waals surface area contributed by atoms with Gasteiger partial charge in [-0.2, -0.15) is 0 Å². The average Bonchev–Trinajstić information content (AvgIpc) is 3.71. The molecule has 9 heteroatoms. The highest BCUT2D eigenvalue weighted by atomic mass is 16.4. The molecule has 1 fully saturated rings. The quantitative estimate of drug-likeness (QED) is 0.262. The molecule has 1 saturated heterocycles. The van der Waals surface area contributed by atoms with E-state index >= 15 is 0 Å². The van der Waals surface area contributed by atoms with Crippen LogP contribution in [0.2, 0.25) is 0 Å². The molecule has 0 saturated carbocycles. The van der Waals surface area contributed by atoms with Crippen LogP contribution in [0.4, 0.5) is 17.1 Å². The summed E-state index contributed by atoms with van der Waals surface area (Å²) >= 11 is 0. The zero-order chi connectivity index (χ0) is 31.5. The number of amides is 3. The third kappa shape index (κ3) is 6.28. The van der Waals surface area contributed by atoms with E-state index in [4.69, 9.17) is 0 Å². The lowest BCUT2D eigenvalue weighted by Crippen LogP contribution is -2.29. The standard InChI is InChI=1S/C36H34N4O5/c1-39(33(41)19-23-11-15-26(16-12-23)38-34(42)29-20-37-32-10-6-5-9-28(29)32)27-17-13-24(14-18-27)30-21-40(22-31(30)36(44)45)35(43)25-7-3-2-4-8-25/h2-18,29-31,37H,19-22H2,1H3,(H,38,42)(H,44,45). The third-order valence-electron chi connectivity index (χ3n) is 8.75. The third-order valence-corrected chi connectivity index (χ3v) is 8.75. The van der Waals surface area contributed by atoms with Crippen LogP contribution in [-0.4, -0.2) is 60.4 Å². The summed E-state index contributed by atoms with van der Waals surface area (Å²) < 4.78 is 0. The Balaban J connectivity index is 1.06. The molecule has 3 atom stereocenters. The number of benzene rings is 4. The number of nitrogens with one attached hydrogen (secondary N) is 2. The second-order valence-electron chi connectivity index (χ2n) is 11.6. The first kappa shape index (κ1) is 29.6. The first-order valence-corrected chi connectivity index (χ1v) is 14.9. The largest absolute Gasteiger partial charge is 0.481 e. The van der Waals surface area contributed by atoms with Crippen molar-refractivity contribution in [3.05, 3.63) is 125 Å². The fourth-order valence-electron chi connectivity index (χ4n) is 6.16. The van der Waals surface area contributed by atoms with Gasteiger partial charge in [-0.15, -0.1) is 0 Å². The molecule has 3 amide bonds. The van der Waals surface area contributed by atoms with Crippen molar-refractivity contribution in [2.45, 2.75) is 18.3 Å². The van der Waals surface area contributed by atoms with Gasteiger partial charge in [-0.25, -0.2) is 0 Å². The number of nitrogens with zero attached hydrogens (tertiary/aromatic N) is 2. The molecular formula is C36H34N4O5. The average molecular weight is 603 g/mol. The van der Waals surface area contributed by atoms with E-state index in [0.717, 1.165) is 22.4 Å². The van der Waals surface area contributed by atoms with Crippen LogP contribution in [0.3, 0.4) is 0 Å². The smallest absolute Gasteiger partial charge is 0.308 e.